The van der Waals surface area contributed by atoms with Gasteiger partial charge in [0.25, 0.3) is 5.91 Å². The number of benzene rings is 2. The van der Waals surface area contributed by atoms with Crippen molar-refractivity contribution in [1.29, 1.82) is 0 Å². The van der Waals surface area contributed by atoms with E-state index < -0.39 is 0 Å². The molecule has 1 N–H and O–H groups in total. The van der Waals surface area contributed by atoms with Crippen molar-refractivity contribution in [3.05, 3.63) is 60.2 Å². The topological polar surface area (TPSA) is 50.8 Å². The molecule has 1 amide bonds. The fourth-order valence-corrected chi connectivity index (χ4v) is 3.46. The number of likely N-dealkylation sites (tertiary alicyclic amines) is 1. The van der Waals surface area contributed by atoms with Gasteiger partial charge in [-0.25, -0.2) is 0 Å². The Balaban J connectivity index is 1.61. The van der Waals surface area contributed by atoms with Crippen molar-refractivity contribution in [3.8, 4) is 11.5 Å². The Hall–Kier alpha value is -2.53. The van der Waals surface area contributed by atoms with Crippen LogP contribution in [0.4, 0.5) is 0 Å². The monoisotopic (exact) mass is 368 g/mol. The van der Waals surface area contributed by atoms with Gasteiger partial charge in [0, 0.05) is 6.54 Å². The van der Waals surface area contributed by atoms with Crippen LogP contribution >= 0.6 is 0 Å². The molecule has 0 bridgehead atoms. The summed E-state index contributed by atoms with van der Waals surface area (Å²) in [5.41, 5.74) is 1.17. The minimum atomic E-state index is -0.108. The molecule has 144 valence electrons. The van der Waals surface area contributed by atoms with E-state index in [1.807, 2.05) is 42.5 Å². The minimum absolute atomic E-state index is 0.0227. The van der Waals surface area contributed by atoms with Crippen LogP contribution in [0.2, 0.25) is 0 Å². The Kier molecular flexibility index (Phi) is 7.11. The van der Waals surface area contributed by atoms with Gasteiger partial charge in [-0.3, -0.25) is 9.69 Å². The molecule has 0 aliphatic carbocycles. The summed E-state index contributed by atoms with van der Waals surface area (Å²) in [7, 11) is 1.68. The lowest BCUT2D eigenvalue weighted by Gasteiger charge is -2.35. The number of rotatable bonds is 8. The number of nitrogens with one attached hydrogen (secondary N) is 1. The zero-order valence-corrected chi connectivity index (χ0v) is 15.9. The first kappa shape index (κ1) is 19.2. The normalized spacial score (nSPS) is 15.7. The highest BCUT2D eigenvalue weighted by Gasteiger charge is 2.23. The molecule has 0 radical (unpaired) electrons. The third-order valence-corrected chi connectivity index (χ3v) is 4.92. The second-order valence-corrected chi connectivity index (χ2v) is 6.79. The second kappa shape index (κ2) is 9.97. The lowest BCUT2D eigenvalue weighted by atomic mass is 10.0. The Morgan fingerprint density at radius 2 is 1.78 bits per heavy atom. The van der Waals surface area contributed by atoms with Gasteiger partial charge in [-0.1, -0.05) is 36.8 Å². The third-order valence-electron chi connectivity index (χ3n) is 4.92. The molecular weight excluding hydrogens is 340 g/mol. The molecule has 1 unspecified atom stereocenters. The molecule has 2 aromatic carbocycles. The van der Waals surface area contributed by atoms with Crippen LogP contribution in [0.5, 0.6) is 11.5 Å². The van der Waals surface area contributed by atoms with Gasteiger partial charge in [0.2, 0.25) is 0 Å². The number of hydrogen-bond acceptors (Lipinski definition) is 4. The number of methoxy groups -OCH3 is 1. The summed E-state index contributed by atoms with van der Waals surface area (Å²) in [5.74, 6) is 1.44. The summed E-state index contributed by atoms with van der Waals surface area (Å²) in [6.07, 6.45) is 3.68. The molecule has 27 heavy (non-hydrogen) atoms. The highest BCUT2D eigenvalue weighted by atomic mass is 16.5. The molecule has 3 rings (SSSR count). The highest BCUT2D eigenvalue weighted by molar-refractivity contribution is 5.77. The number of hydrogen-bond donors (Lipinski definition) is 1. The Bertz CT molecular complexity index is 715. The zero-order chi connectivity index (χ0) is 18.9. The number of ether oxygens (including phenoxy) is 2. The van der Waals surface area contributed by atoms with Crippen LogP contribution in [0.25, 0.3) is 0 Å². The van der Waals surface area contributed by atoms with Gasteiger partial charge in [0.05, 0.1) is 13.2 Å². The van der Waals surface area contributed by atoms with Crippen LogP contribution in [0.1, 0.15) is 30.9 Å². The van der Waals surface area contributed by atoms with Crippen molar-refractivity contribution >= 4 is 5.91 Å². The van der Waals surface area contributed by atoms with Crippen LogP contribution < -0.4 is 14.8 Å². The van der Waals surface area contributed by atoms with Crippen molar-refractivity contribution < 1.29 is 14.3 Å². The maximum absolute atomic E-state index is 12.3. The van der Waals surface area contributed by atoms with Gasteiger partial charge in [-0.2, -0.15) is 0 Å². The highest BCUT2D eigenvalue weighted by Crippen LogP contribution is 2.26. The molecule has 0 saturated carbocycles. The summed E-state index contributed by atoms with van der Waals surface area (Å²) < 4.78 is 10.9. The van der Waals surface area contributed by atoms with E-state index in [4.69, 9.17) is 9.47 Å². The number of para-hydroxylation sites is 1. The van der Waals surface area contributed by atoms with E-state index in [2.05, 4.69) is 22.3 Å². The molecule has 1 aliphatic heterocycles. The number of carbonyl (C=O) groups excluding carboxylic acids is 1. The third kappa shape index (κ3) is 5.73. The first-order valence-electron chi connectivity index (χ1n) is 9.59. The first-order valence-corrected chi connectivity index (χ1v) is 9.59. The largest absolute Gasteiger partial charge is 0.497 e. The van der Waals surface area contributed by atoms with Gasteiger partial charge in [0.1, 0.15) is 11.5 Å². The van der Waals surface area contributed by atoms with E-state index in [0.717, 1.165) is 18.8 Å². The summed E-state index contributed by atoms with van der Waals surface area (Å²) in [6.45, 7) is 2.69. The van der Waals surface area contributed by atoms with Crippen LogP contribution in [0, 0.1) is 0 Å². The fourth-order valence-electron chi connectivity index (χ4n) is 3.46. The molecule has 5 heteroatoms. The minimum Gasteiger partial charge on any atom is -0.497 e. The lowest BCUT2D eigenvalue weighted by Crippen LogP contribution is -2.41. The quantitative estimate of drug-likeness (QED) is 0.776. The second-order valence-electron chi connectivity index (χ2n) is 6.79. The lowest BCUT2D eigenvalue weighted by molar-refractivity contribution is -0.123. The van der Waals surface area contributed by atoms with Crippen molar-refractivity contribution in [1.82, 2.24) is 10.2 Å². The number of amides is 1. The smallest absolute Gasteiger partial charge is 0.258 e. The molecule has 1 heterocycles. The molecule has 1 aliphatic rings. The predicted octanol–water partition coefficient (Wildman–Crippen LogP) is 3.42. The van der Waals surface area contributed by atoms with Crippen molar-refractivity contribution in [3.63, 3.8) is 0 Å². The number of carbonyl (C=O) groups is 1. The Morgan fingerprint density at radius 3 is 2.52 bits per heavy atom. The van der Waals surface area contributed by atoms with Crippen molar-refractivity contribution in [2.45, 2.75) is 25.3 Å². The Morgan fingerprint density at radius 1 is 1.04 bits per heavy atom. The van der Waals surface area contributed by atoms with E-state index in [0.29, 0.717) is 12.3 Å². The molecule has 0 aromatic heterocycles. The number of nitrogens with zero attached hydrogens (tertiary/aromatic N) is 1. The average molecular weight is 368 g/mol. The summed E-state index contributed by atoms with van der Waals surface area (Å²) in [5, 5.41) is 3.04. The maximum Gasteiger partial charge on any atom is 0.258 e. The summed E-state index contributed by atoms with van der Waals surface area (Å²) in [6, 6.07) is 17.7. The van der Waals surface area contributed by atoms with Gasteiger partial charge in [-0.15, -0.1) is 0 Å². The van der Waals surface area contributed by atoms with Gasteiger partial charge >= 0.3 is 0 Å². The zero-order valence-electron chi connectivity index (χ0n) is 15.9. The van der Waals surface area contributed by atoms with Gasteiger partial charge < -0.3 is 14.8 Å². The van der Waals surface area contributed by atoms with E-state index in [1.165, 1.54) is 24.8 Å². The fraction of sp³-hybridized carbons (Fsp3) is 0.409. The van der Waals surface area contributed by atoms with Crippen LogP contribution in [0.15, 0.2) is 54.6 Å². The van der Waals surface area contributed by atoms with Crippen molar-refractivity contribution in [2.24, 2.45) is 0 Å². The molecular formula is C22H28N2O3. The summed E-state index contributed by atoms with van der Waals surface area (Å²) in [4.78, 5) is 14.7. The predicted molar refractivity (Wildman–Crippen MR) is 106 cm³/mol. The van der Waals surface area contributed by atoms with E-state index in [1.54, 1.807) is 7.11 Å². The van der Waals surface area contributed by atoms with E-state index >= 15 is 0 Å². The van der Waals surface area contributed by atoms with Gasteiger partial charge in [-0.05, 0) is 55.8 Å². The van der Waals surface area contributed by atoms with Crippen LogP contribution in [0.3, 0.4) is 0 Å². The average Bonchev–Trinajstić information content (AvgIpc) is 2.74. The molecule has 5 nitrogen and oxygen atoms in total. The first-order chi connectivity index (χ1) is 13.3. The Labute approximate surface area is 161 Å². The molecule has 2 aromatic rings. The van der Waals surface area contributed by atoms with Crippen LogP contribution in [-0.2, 0) is 4.79 Å². The van der Waals surface area contributed by atoms with E-state index in [9.17, 15) is 4.79 Å². The maximum atomic E-state index is 12.3. The SMILES string of the molecule is COc1cccc(C(CNC(=O)COc2ccccc2)N2CCCCC2)c1. The van der Waals surface area contributed by atoms with E-state index in [-0.39, 0.29) is 18.6 Å². The molecule has 1 fully saturated rings. The molecule has 1 saturated heterocycles. The van der Waals surface area contributed by atoms with Crippen LogP contribution in [-0.4, -0.2) is 44.2 Å². The van der Waals surface area contributed by atoms with Crippen molar-refractivity contribution in [2.75, 3.05) is 33.4 Å². The molecule has 0 spiro atoms. The van der Waals surface area contributed by atoms with Gasteiger partial charge in [0.15, 0.2) is 6.61 Å². The standard InChI is InChI=1S/C22H28N2O3/c1-26-20-12-8-9-18(15-20)21(24-13-6-3-7-14-24)16-23-22(25)17-27-19-10-4-2-5-11-19/h2,4-5,8-12,15,21H,3,6-7,13-14,16-17H2,1H3,(H,23,25). The number of piperidine rings is 1. The molecule has 1 atom stereocenters. The summed E-state index contributed by atoms with van der Waals surface area (Å²) >= 11 is 0.